The monoisotopic (exact) mass is 278 g/mol. The molecule has 4 nitrogen and oxygen atoms in total. The molecule has 1 aromatic carbocycles. The van der Waals surface area contributed by atoms with Gasteiger partial charge >= 0.3 is 0 Å². The van der Waals surface area contributed by atoms with Crippen molar-refractivity contribution in [3.05, 3.63) is 52.4 Å². The highest BCUT2D eigenvalue weighted by Crippen LogP contribution is 2.21. The molecule has 19 heavy (non-hydrogen) atoms. The van der Waals surface area contributed by atoms with E-state index < -0.39 is 0 Å². The number of furan rings is 1. The van der Waals surface area contributed by atoms with Gasteiger partial charge in [0.2, 0.25) is 0 Å². The number of nitrogens with two attached hydrogens (primary N) is 1. The average molecular weight is 279 g/mol. The molecule has 2 rings (SSSR count). The molecule has 0 spiro atoms. The van der Waals surface area contributed by atoms with Crippen molar-refractivity contribution >= 4 is 23.2 Å². The maximum Gasteiger partial charge on any atom is 0.291 e. The lowest BCUT2D eigenvalue weighted by molar-refractivity contribution is 0.0994. The number of rotatable bonds is 3. The van der Waals surface area contributed by atoms with Crippen molar-refractivity contribution in [1.82, 2.24) is 0 Å². The molecule has 5 heteroatoms. The van der Waals surface area contributed by atoms with E-state index in [0.717, 1.165) is 5.56 Å². The average Bonchev–Trinajstić information content (AvgIpc) is 2.83. The number of hydrogen-bond donors (Lipinski definition) is 2. The summed E-state index contributed by atoms with van der Waals surface area (Å²) >= 11 is 6.00. The Morgan fingerprint density at radius 3 is 2.68 bits per heavy atom. The minimum absolute atomic E-state index is 0.226. The fraction of sp³-hybridized carbons (Fsp3) is 0.214. The van der Waals surface area contributed by atoms with E-state index in [-0.39, 0.29) is 17.7 Å². The molecular weight excluding hydrogens is 264 g/mol. The zero-order valence-corrected chi connectivity index (χ0v) is 11.5. The van der Waals surface area contributed by atoms with Gasteiger partial charge in [-0.2, -0.15) is 0 Å². The molecular formula is C14H15ClN2O2. The number of aryl methyl sites for hydroxylation is 1. The molecule has 100 valence electrons. The first-order valence-corrected chi connectivity index (χ1v) is 6.28. The van der Waals surface area contributed by atoms with E-state index in [1.807, 2.05) is 13.0 Å². The number of amides is 1. The second-order valence-corrected chi connectivity index (χ2v) is 4.82. The van der Waals surface area contributed by atoms with Gasteiger partial charge < -0.3 is 15.5 Å². The maximum absolute atomic E-state index is 12.0. The highest BCUT2D eigenvalue weighted by molar-refractivity contribution is 6.31. The Labute approximate surface area is 116 Å². The van der Waals surface area contributed by atoms with Gasteiger partial charge in [0, 0.05) is 10.7 Å². The molecule has 0 aliphatic heterocycles. The summed E-state index contributed by atoms with van der Waals surface area (Å²) in [5, 5.41) is 3.33. The van der Waals surface area contributed by atoms with Crippen LogP contribution in [0.3, 0.4) is 0 Å². The van der Waals surface area contributed by atoms with Crippen LogP contribution in [0.1, 0.15) is 34.8 Å². The van der Waals surface area contributed by atoms with Crippen LogP contribution in [0.4, 0.5) is 5.69 Å². The standard InChI is InChI=1S/C14H15ClN2O2/c1-8-3-4-10(7-11(8)15)17-14(18)13-6-5-12(19-13)9(2)16/h3-7,9H,16H2,1-2H3,(H,17,18). The number of carbonyl (C=O) groups excluding carboxylic acids is 1. The van der Waals surface area contributed by atoms with Crippen LogP contribution < -0.4 is 11.1 Å². The first-order valence-electron chi connectivity index (χ1n) is 5.90. The summed E-state index contributed by atoms with van der Waals surface area (Å²) in [6, 6.07) is 8.38. The lowest BCUT2D eigenvalue weighted by Crippen LogP contribution is -2.11. The minimum atomic E-state index is -0.327. The van der Waals surface area contributed by atoms with E-state index in [9.17, 15) is 4.79 Å². The van der Waals surface area contributed by atoms with Crippen LogP contribution in [0, 0.1) is 6.92 Å². The second-order valence-electron chi connectivity index (χ2n) is 4.41. The molecule has 0 aliphatic carbocycles. The molecule has 3 N–H and O–H groups in total. The van der Waals surface area contributed by atoms with Crippen LogP contribution in [-0.4, -0.2) is 5.91 Å². The van der Waals surface area contributed by atoms with Crippen molar-refractivity contribution in [2.75, 3.05) is 5.32 Å². The predicted molar refractivity (Wildman–Crippen MR) is 75.5 cm³/mol. The summed E-state index contributed by atoms with van der Waals surface area (Å²) in [4.78, 5) is 12.0. The molecule has 1 aromatic heterocycles. The van der Waals surface area contributed by atoms with Crippen LogP contribution in [0.15, 0.2) is 34.7 Å². The van der Waals surface area contributed by atoms with E-state index in [1.54, 1.807) is 31.2 Å². The Hall–Kier alpha value is -1.78. The van der Waals surface area contributed by atoms with Crippen molar-refractivity contribution in [2.45, 2.75) is 19.9 Å². The van der Waals surface area contributed by atoms with Gasteiger partial charge in [-0.15, -0.1) is 0 Å². The Bertz CT molecular complexity index is 605. The van der Waals surface area contributed by atoms with Gasteiger partial charge in [0.25, 0.3) is 5.91 Å². The summed E-state index contributed by atoms with van der Waals surface area (Å²) in [6.45, 7) is 3.69. The first-order chi connectivity index (χ1) is 8.97. The molecule has 1 atom stereocenters. The van der Waals surface area contributed by atoms with Crippen LogP contribution in [0.25, 0.3) is 0 Å². The largest absolute Gasteiger partial charge is 0.454 e. The molecule has 1 unspecified atom stereocenters. The molecule has 1 heterocycles. The Balaban J connectivity index is 2.13. The number of benzene rings is 1. The number of hydrogen-bond acceptors (Lipinski definition) is 3. The number of nitrogens with one attached hydrogen (secondary N) is 1. The van der Waals surface area contributed by atoms with Gasteiger partial charge in [-0.1, -0.05) is 17.7 Å². The van der Waals surface area contributed by atoms with Gasteiger partial charge in [-0.25, -0.2) is 0 Å². The van der Waals surface area contributed by atoms with E-state index in [1.165, 1.54) is 0 Å². The molecule has 0 aliphatic rings. The second kappa shape index (κ2) is 5.47. The zero-order valence-electron chi connectivity index (χ0n) is 10.7. The van der Waals surface area contributed by atoms with Crippen molar-refractivity contribution in [3.63, 3.8) is 0 Å². The van der Waals surface area contributed by atoms with Gasteiger partial charge in [0.1, 0.15) is 5.76 Å². The fourth-order valence-electron chi connectivity index (χ4n) is 1.58. The minimum Gasteiger partial charge on any atom is -0.454 e. The number of anilines is 1. The Kier molecular flexibility index (Phi) is 3.93. The lowest BCUT2D eigenvalue weighted by atomic mass is 10.2. The number of carbonyl (C=O) groups is 1. The van der Waals surface area contributed by atoms with Crippen LogP contribution in [0.2, 0.25) is 5.02 Å². The molecule has 0 saturated heterocycles. The van der Waals surface area contributed by atoms with Crippen LogP contribution >= 0.6 is 11.6 Å². The van der Waals surface area contributed by atoms with Crippen LogP contribution in [-0.2, 0) is 0 Å². The summed E-state index contributed by atoms with van der Waals surface area (Å²) in [7, 11) is 0. The quantitative estimate of drug-likeness (QED) is 0.903. The van der Waals surface area contributed by atoms with E-state index in [4.69, 9.17) is 21.8 Å². The van der Waals surface area contributed by atoms with Gasteiger partial charge in [0.15, 0.2) is 5.76 Å². The summed E-state index contributed by atoms with van der Waals surface area (Å²) in [6.07, 6.45) is 0. The molecule has 0 saturated carbocycles. The van der Waals surface area contributed by atoms with Crippen molar-refractivity contribution < 1.29 is 9.21 Å². The summed E-state index contributed by atoms with van der Waals surface area (Å²) in [5.74, 6) is 0.475. The van der Waals surface area contributed by atoms with Gasteiger partial charge in [-0.05, 0) is 43.7 Å². The van der Waals surface area contributed by atoms with Crippen molar-refractivity contribution in [1.29, 1.82) is 0 Å². The predicted octanol–water partition coefficient (Wildman–Crippen LogP) is 3.51. The van der Waals surface area contributed by atoms with Crippen LogP contribution in [0.5, 0.6) is 0 Å². The van der Waals surface area contributed by atoms with Crippen molar-refractivity contribution in [2.24, 2.45) is 5.73 Å². The lowest BCUT2D eigenvalue weighted by Gasteiger charge is -2.05. The normalized spacial score (nSPS) is 12.2. The van der Waals surface area contributed by atoms with Gasteiger partial charge in [-0.3, -0.25) is 4.79 Å². The summed E-state index contributed by atoms with van der Waals surface area (Å²) < 4.78 is 5.36. The Morgan fingerprint density at radius 2 is 2.11 bits per heavy atom. The van der Waals surface area contributed by atoms with E-state index in [2.05, 4.69) is 5.32 Å². The fourth-order valence-corrected chi connectivity index (χ4v) is 1.76. The topological polar surface area (TPSA) is 68.3 Å². The molecule has 2 aromatic rings. The van der Waals surface area contributed by atoms with E-state index >= 15 is 0 Å². The molecule has 0 fully saturated rings. The molecule has 1 amide bonds. The summed E-state index contributed by atoms with van der Waals surface area (Å²) in [5.41, 5.74) is 7.25. The third-order valence-corrected chi connectivity index (χ3v) is 3.14. The smallest absolute Gasteiger partial charge is 0.291 e. The van der Waals surface area contributed by atoms with Crippen molar-refractivity contribution in [3.8, 4) is 0 Å². The molecule has 0 radical (unpaired) electrons. The third-order valence-electron chi connectivity index (χ3n) is 2.73. The maximum atomic E-state index is 12.0. The third kappa shape index (κ3) is 3.16. The van der Waals surface area contributed by atoms with E-state index in [0.29, 0.717) is 16.5 Å². The highest BCUT2D eigenvalue weighted by Gasteiger charge is 2.13. The Morgan fingerprint density at radius 1 is 1.37 bits per heavy atom. The zero-order chi connectivity index (χ0) is 14.0. The SMILES string of the molecule is Cc1ccc(NC(=O)c2ccc(C(C)N)o2)cc1Cl. The first kappa shape index (κ1) is 13.6. The molecule has 0 bridgehead atoms. The highest BCUT2D eigenvalue weighted by atomic mass is 35.5. The van der Waals surface area contributed by atoms with Gasteiger partial charge in [0.05, 0.1) is 6.04 Å². The number of halogens is 1.